The quantitative estimate of drug-likeness (QED) is 0.375. The van der Waals surface area contributed by atoms with Crippen LogP contribution in [0.4, 0.5) is 19.7 Å². The molecule has 1 heterocycles. The fourth-order valence-electron chi connectivity index (χ4n) is 4.66. The maximum absolute atomic E-state index is 14.2. The second-order valence-electron chi connectivity index (χ2n) is 9.98. The van der Waals surface area contributed by atoms with E-state index in [4.69, 9.17) is 9.72 Å². The molecule has 0 unspecified atom stereocenters. The van der Waals surface area contributed by atoms with Gasteiger partial charge in [0.15, 0.2) is 0 Å². The number of imidazole rings is 1. The molecule has 2 aromatic carbocycles. The normalized spacial score (nSPS) is 18.4. The van der Waals surface area contributed by atoms with Crippen molar-refractivity contribution in [3.05, 3.63) is 58.6 Å². The molecule has 3 aromatic rings. The third kappa shape index (κ3) is 5.66. The largest absolute Gasteiger partial charge is 0.465 e. The number of anilines is 1. The molecule has 35 heavy (non-hydrogen) atoms. The lowest BCUT2D eigenvalue weighted by Gasteiger charge is -2.32. The number of carbonyl (C=O) groups is 2. The number of halogens is 2. The zero-order chi connectivity index (χ0) is 25.3. The number of fused-ring (bicyclic) bond motifs is 1. The lowest BCUT2D eigenvalue weighted by atomic mass is 9.81. The summed E-state index contributed by atoms with van der Waals surface area (Å²) in [6.07, 6.45) is 1.32. The Morgan fingerprint density at radius 3 is 2.49 bits per heavy atom. The molecular weight excluding hydrogens is 517 g/mol. The fourth-order valence-corrected chi connectivity index (χ4v) is 5.01. The molecule has 1 N–H and O–H groups in total. The van der Waals surface area contributed by atoms with Crippen LogP contribution in [0, 0.1) is 11.7 Å². The van der Waals surface area contributed by atoms with E-state index in [2.05, 4.69) is 15.9 Å². The van der Waals surface area contributed by atoms with Crippen molar-refractivity contribution in [3.8, 4) is 0 Å². The van der Waals surface area contributed by atoms with Gasteiger partial charge in [-0.1, -0.05) is 28.1 Å². The van der Waals surface area contributed by atoms with Crippen molar-refractivity contribution in [1.82, 2.24) is 9.55 Å². The second kappa shape index (κ2) is 9.97. The Morgan fingerprint density at radius 2 is 1.86 bits per heavy atom. The molecule has 1 aliphatic rings. The highest BCUT2D eigenvalue weighted by Gasteiger charge is 2.32. The summed E-state index contributed by atoms with van der Waals surface area (Å²) in [5, 5.41) is 9.70. The average Bonchev–Trinajstić information content (AvgIpc) is 3.16. The number of aromatic nitrogens is 2. The molecule has 7 nitrogen and oxygen atoms in total. The molecule has 1 saturated carbocycles. The van der Waals surface area contributed by atoms with Gasteiger partial charge in [-0.3, -0.25) is 4.90 Å². The Kier molecular flexibility index (Phi) is 7.17. The van der Waals surface area contributed by atoms with Gasteiger partial charge in [-0.05, 0) is 82.7 Å². The summed E-state index contributed by atoms with van der Waals surface area (Å²) in [5.74, 6) is 0.211. The van der Waals surface area contributed by atoms with Crippen LogP contribution in [0.1, 0.15) is 58.2 Å². The van der Waals surface area contributed by atoms with Gasteiger partial charge in [-0.2, -0.15) is 0 Å². The Labute approximate surface area is 212 Å². The molecule has 0 aliphatic heterocycles. The van der Waals surface area contributed by atoms with Gasteiger partial charge in [0, 0.05) is 16.9 Å². The highest BCUT2D eigenvalue weighted by atomic mass is 79.9. The van der Waals surface area contributed by atoms with Crippen LogP contribution in [0.25, 0.3) is 11.0 Å². The molecule has 9 heteroatoms. The van der Waals surface area contributed by atoms with E-state index in [1.165, 1.54) is 12.1 Å². The van der Waals surface area contributed by atoms with Gasteiger partial charge in [-0.15, -0.1) is 0 Å². The van der Waals surface area contributed by atoms with Crippen LogP contribution in [0.2, 0.25) is 0 Å². The van der Waals surface area contributed by atoms with E-state index in [1.54, 1.807) is 16.7 Å². The predicted molar refractivity (Wildman–Crippen MR) is 136 cm³/mol. The predicted octanol–water partition coefficient (Wildman–Crippen LogP) is 7.18. The Hall–Kier alpha value is -2.94. The van der Waals surface area contributed by atoms with Crippen LogP contribution < -0.4 is 4.90 Å². The minimum absolute atomic E-state index is 0.0247. The fraction of sp³-hybridized carbons (Fsp3) is 0.423. The number of benzene rings is 2. The molecule has 0 bridgehead atoms. The van der Waals surface area contributed by atoms with E-state index < -0.39 is 23.6 Å². The van der Waals surface area contributed by atoms with Crippen molar-refractivity contribution in [2.45, 2.75) is 58.0 Å². The standard InChI is InChI=1S/C26H29BrFN3O4/c1-26(2,3)35-25(34)31-22-13-12-18(27)14-20(22)29-23(31)17-10-8-16(9-11-17)15-30(24(32)33)21-7-5-4-6-19(21)28/h4-7,12-14,16-17H,8-11,15H2,1-3H3,(H,32,33). The summed E-state index contributed by atoms with van der Waals surface area (Å²) < 4.78 is 22.4. The Balaban J connectivity index is 1.55. The lowest BCUT2D eigenvalue weighted by molar-refractivity contribution is 0.0535. The van der Waals surface area contributed by atoms with Crippen LogP contribution in [0.5, 0.6) is 0 Å². The number of rotatable bonds is 4. The molecule has 186 valence electrons. The number of carbonyl (C=O) groups excluding carboxylic acids is 1. The summed E-state index contributed by atoms with van der Waals surface area (Å²) in [5.41, 5.74) is 0.819. The number of amides is 1. The van der Waals surface area contributed by atoms with Crippen molar-refractivity contribution < 1.29 is 23.8 Å². The maximum Gasteiger partial charge on any atom is 0.420 e. The van der Waals surface area contributed by atoms with Crippen molar-refractivity contribution in [2.24, 2.45) is 5.92 Å². The number of nitrogens with zero attached hydrogens (tertiary/aromatic N) is 3. The second-order valence-corrected chi connectivity index (χ2v) is 10.9. The van der Waals surface area contributed by atoms with Crippen LogP contribution in [0.15, 0.2) is 46.9 Å². The third-order valence-electron chi connectivity index (χ3n) is 6.25. The SMILES string of the molecule is CC(C)(C)OC(=O)n1c(C2CCC(CN(C(=O)O)c3ccccc3F)CC2)nc2cc(Br)ccc21. The number of hydrogen-bond donors (Lipinski definition) is 1. The van der Waals surface area contributed by atoms with Gasteiger partial charge in [0.1, 0.15) is 17.2 Å². The first-order chi connectivity index (χ1) is 16.5. The van der Waals surface area contributed by atoms with Gasteiger partial charge in [-0.25, -0.2) is 23.5 Å². The minimum atomic E-state index is -1.17. The highest BCUT2D eigenvalue weighted by Crippen LogP contribution is 2.38. The van der Waals surface area contributed by atoms with Crippen LogP contribution in [-0.2, 0) is 4.74 Å². The molecule has 0 spiro atoms. The molecule has 1 aromatic heterocycles. The summed E-state index contributed by atoms with van der Waals surface area (Å²) in [6, 6.07) is 11.5. The van der Waals surface area contributed by atoms with Crippen LogP contribution >= 0.6 is 15.9 Å². The van der Waals surface area contributed by atoms with Crippen molar-refractivity contribution in [3.63, 3.8) is 0 Å². The molecule has 1 aliphatic carbocycles. The molecule has 0 radical (unpaired) electrons. The minimum Gasteiger partial charge on any atom is -0.465 e. The molecule has 1 amide bonds. The summed E-state index contributed by atoms with van der Waals surface area (Å²) in [6.45, 7) is 5.71. The smallest absolute Gasteiger partial charge is 0.420 e. The van der Waals surface area contributed by atoms with E-state index in [0.29, 0.717) is 16.9 Å². The first kappa shape index (κ1) is 25.2. The van der Waals surface area contributed by atoms with Crippen molar-refractivity contribution in [1.29, 1.82) is 0 Å². The van der Waals surface area contributed by atoms with Gasteiger partial charge in [0.2, 0.25) is 0 Å². The molecule has 0 saturated heterocycles. The van der Waals surface area contributed by atoms with Gasteiger partial charge < -0.3 is 9.84 Å². The zero-order valence-electron chi connectivity index (χ0n) is 20.0. The average molecular weight is 546 g/mol. The Morgan fingerprint density at radius 1 is 1.17 bits per heavy atom. The van der Waals surface area contributed by atoms with Crippen LogP contribution in [-0.4, -0.2) is 39.0 Å². The van der Waals surface area contributed by atoms with E-state index >= 15 is 0 Å². The summed E-state index contributed by atoms with van der Waals surface area (Å²) in [7, 11) is 0. The molecule has 1 fully saturated rings. The van der Waals surface area contributed by atoms with E-state index in [9.17, 15) is 19.1 Å². The van der Waals surface area contributed by atoms with Crippen molar-refractivity contribution in [2.75, 3.05) is 11.4 Å². The Bertz CT molecular complexity index is 1250. The molecule has 0 atom stereocenters. The number of ether oxygens (including phenoxy) is 1. The topological polar surface area (TPSA) is 84.7 Å². The van der Waals surface area contributed by atoms with Gasteiger partial charge >= 0.3 is 12.2 Å². The third-order valence-corrected chi connectivity index (χ3v) is 6.74. The monoisotopic (exact) mass is 545 g/mol. The van der Waals surface area contributed by atoms with E-state index in [0.717, 1.165) is 35.1 Å². The highest BCUT2D eigenvalue weighted by molar-refractivity contribution is 9.10. The number of carboxylic acid groups (broad SMARTS) is 1. The first-order valence-electron chi connectivity index (χ1n) is 11.7. The zero-order valence-corrected chi connectivity index (χ0v) is 21.6. The van der Waals surface area contributed by atoms with Gasteiger partial charge in [0.25, 0.3) is 0 Å². The number of para-hydroxylation sites is 1. The lowest BCUT2D eigenvalue weighted by Crippen LogP contribution is -2.36. The number of hydrogen-bond acceptors (Lipinski definition) is 4. The summed E-state index contributed by atoms with van der Waals surface area (Å²) >= 11 is 3.47. The first-order valence-corrected chi connectivity index (χ1v) is 12.5. The summed E-state index contributed by atoms with van der Waals surface area (Å²) in [4.78, 5) is 30.9. The maximum atomic E-state index is 14.2. The molecule has 4 rings (SSSR count). The van der Waals surface area contributed by atoms with Gasteiger partial charge in [0.05, 0.1) is 16.7 Å². The van der Waals surface area contributed by atoms with Crippen molar-refractivity contribution >= 4 is 44.8 Å². The van der Waals surface area contributed by atoms with E-state index in [1.807, 2.05) is 39.0 Å². The van der Waals surface area contributed by atoms with Crippen LogP contribution in [0.3, 0.4) is 0 Å². The molecular formula is C26H29BrFN3O4. The van der Waals surface area contributed by atoms with E-state index in [-0.39, 0.29) is 24.1 Å².